The predicted molar refractivity (Wildman–Crippen MR) is 85.4 cm³/mol. The lowest BCUT2D eigenvalue weighted by Gasteiger charge is -2.08. The van der Waals surface area contributed by atoms with Crippen LogP contribution in [0.1, 0.15) is 30.1 Å². The molecule has 22 heavy (non-hydrogen) atoms. The van der Waals surface area contributed by atoms with Gasteiger partial charge in [-0.2, -0.15) is 0 Å². The summed E-state index contributed by atoms with van der Waals surface area (Å²) < 4.78 is 15.3. The molecule has 112 valence electrons. The summed E-state index contributed by atoms with van der Waals surface area (Å²) in [6.07, 6.45) is 2.94. The highest BCUT2D eigenvalue weighted by molar-refractivity contribution is 5.87. The molecule has 3 nitrogen and oxygen atoms in total. The van der Waals surface area contributed by atoms with Crippen LogP contribution in [0, 0.1) is 5.82 Å². The molecule has 3 rings (SSSR count). The van der Waals surface area contributed by atoms with Crippen molar-refractivity contribution in [3.8, 4) is 11.4 Å². The van der Waals surface area contributed by atoms with Crippen molar-refractivity contribution >= 4 is 17.3 Å². The Morgan fingerprint density at radius 1 is 1.18 bits per heavy atom. The lowest BCUT2D eigenvalue weighted by Crippen LogP contribution is -2.00. The molecule has 0 radical (unpaired) electrons. The number of benzene rings is 2. The maximum Gasteiger partial charge on any atom is 0.150 e. The molecule has 1 aromatic heterocycles. The summed E-state index contributed by atoms with van der Waals surface area (Å²) in [6.45, 7) is 2.99. The molecule has 0 fully saturated rings. The number of carbonyl (C=O) groups is 1. The topological polar surface area (TPSA) is 34.9 Å². The van der Waals surface area contributed by atoms with Crippen molar-refractivity contribution in [2.45, 2.75) is 26.3 Å². The van der Waals surface area contributed by atoms with Gasteiger partial charge in [-0.3, -0.25) is 4.79 Å². The minimum absolute atomic E-state index is 0.261. The van der Waals surface area contributed by atoms with E-state index >= 15 is 0 Å². The molecule has 0 aliphatic heterocycles. The van der Waals surface area contributed by atoms with E-state index in [2.05, 4.69) is 16.5 Å². The van der Waals surface area contributed by atoms with E-state index < -0.39 is 0 Å². The lowest BCUT2D eigenvalue weighted by atomic mass is 10.2. The van der Waals surface area contributed by atoms with Crippen molar-refractivity contribution in [3.05, 3.63) is 53.8 Å². The van der Waals surface area contributed by atoms with Crippen LogP contribution in [0.5, 0.6) is 0 Å². The standard InChI is InChI=1S/C18H17FN2O/c1-2-3-10-21-17-9-4-13(12-22)11-16(17)20-18(21)14-5-7-15(19)8-6-14/h4-9,11-12H,2-3,10H2,1H3. The first-order valence-corrected chi connectivity index (χ1v) is 7.44. The Hall–Kier alpha value is -2.49. The summed E-state index contributed by atoms with van der Waals surface area (Å²) in [7, 11) is 0. The number of rotatable bonds is 5. The molecule has 0 saturated heterocycles. The number of aryl methyl sites for hydroxylation is 1. The highest BCUT2D eigenvalue weighted by Gasteiger charge is 2.12. The molecular weight excluding hydrogens is 279 g/mol. The van der Waals surface area contributed by atoms with Crippen LogP contribution in [0.2, 0.25) is 0 Å². The van der Waals surface area contributed by atoms with Crippen molar-refractivity contribution < 1.29 is 9.18 Å². The number of carbonyl (C=O) groups excluding carboxylic acids is 1. The van der Waals surface area contributed by atoms with Crippen molar-refractivity contribution in [2.24, 2.45) is 0 Å². The second-order valence-electron chi connectivity index (χ2n) is 5.31. The van der Waals surface area contributed by atoms with Gasteiger partial charge in [-0.25, -0.2) is 9.37 Å². The monoisotopic (exact) mass is 296 g/mol. The van der Waals surface area contributed by atoms with E-state index in [9.17, 15) is 9.18 Å². The van der Waals surface area contributed by atoms with E-state index in [0.29, 0.717) is 5.56 Å². The number of unbranched alkanes of at least 4 members (excludes halogenated alkanes) is 1. The van der Waals surface area contributed by atoms with E-state index in [1.165, 1.54) is 12.1 Å². The third-order valence-electron chi connectivity index (χ3n) is 3.75. The fraction of sp³-hybridized carbons (Fsp3) is 0.222. The summed E-state index contributed by atoms with van der Waals surface area (Å²) >= 11 is 0. The molecule has 0 aliphatic rings. The molecular formula is C18H17FN2O. The number of aromatic nitrogens is 2. The SMILES string of the molecule is CCCCn1c(-c2ccc(F)cc2)nc2cc(C=O)ccc21. The van der Waals surface area contributed by atoms with Crippen LogP contribution in [0.3, 0.4) is 0 Å². The molecule has 0 bridgehead atoms. The fourth-order valence-corrected chi connectivity index (χ4v) is 2.58. The number of nitrogens with zero attached hydrogens (tertiary/aromatic N) is 2. The third-order valence-corrected chi connectivity index (χ3v) is 3.75. The molecule has 0 amide bonds. The molecule has 0 unspecified atom stereocenters. The molecule has 0 aliphatic carbocycles. The zero-order valence-electron chi connectivity index (χ0n) is 12.4. The number of hydrogen-bond acceptors (Lipinski definition) is 2. The van der Waals surface area contributed by atoms with Crippen LogP contribution in [-0.4, -0.2) is 15.8 Å². The van der Waals surface area contributed by atoms with Crippen LogP contribution in [0.25, 0.3) is 22.4 Å². The van der Waals surface area contributed by atoms with Crippen molar-refractivity contribution in [2.75, 3.05) is 0 Å². The number of fused-ring (bicyclic) bond motifs is 1. The first-order chi connectivity index (χ1) is 10.7. The second-order valence-corrected chi connectivity index (χ2v) is 5.31. The van der Waals surface area contributed by atoms with Crippen LogP contribution in [-0.2, 0) is 6.54 Å². The van der Waals surface area contributed by atoms with Gasteiger partial charge in [-0.1, -0.05) is 13.3 Å². The van der Waals surface area contributed by atoms with Crippen LogP contribution < -0.4 is 0 Å². The Bertz CT molecular complexity index is 806. The minimum atomic E-state index is -0.261. The zero-order chi connectivity index (χ0) is 15.5. The Morgan fingerprint density at radius 3 is 2.64 bits per heavy atom. The predicted octanol–water partition coefficient (Wildman–Crippen LogP) is 4.46. The summed E-state index contributed by atoms with van der Waals surface area (Å²) in [5, 5.41) is 0. The number of aldehydes is 1. The van der Waals surface area contributed by atoms with E-state index in [0.717, 1.165) is 48.1 Å². The maximum absolute atomic E-state index is 13.1. The van der Waals surface area contributed by atoms with E-state index in [4.69, 9.17) is 0 Å². The zero-order valence-corrected chi connectivity index (χ0v) is 12.4. The Labute approximate surface area is 128 Å². The summed E-state index contributed by atoms with van der Waals surface area (Å²) in [5.41, 5.74) is 3.28. The fourth-order valence-electron chi connectivity index (χ4n) is 2.58. The first kappa shape index (κ1) is 14.4. The molecule has 2 aromatic carbocycles. The Balaban J connectivity index is 2.17. The minimum Gasteiger partial charge on any atom is -0.324 e. The third kappa shape index (κ3) is 2.64. The molecule has 0 saturated carbocycles. The van der Waals surface area contributed by atoms with Crippen LogP contribution in [0.4, 0.5) is 4.39 Å². The van der Waals surface area contributed by atoms with Gasteiger partial charge in [-0.05, 0) is 48.9 Å². The number of imidazole rings is 1. The van der Waals surface area contributed by atoms with Gasteiger partial charge in [0.2, 0.25) is 0 Å². The van der Waals surface area contributed by atoms with Gasteiger partial charge in [0.15, 0.2) is 0 Å². The highest BCUT2D eigenvalue weighted by Crippen LogP contribution is 2.26. The smallest absolute Gasteiger partial charge is 0.150 e. The molecule has 0 spiro atoms. The first-order valence-electron chi connectivity index (χ1n) is 7.44. The van der Waals surface area contributed by atoms with Gasteiger partial charge in [-0.15, -0.1) is 0 Å². The quantitative estimate of drug-likeness (QED) is 0.652. The average molecular weight is 296 g/mol. The Morgan fingerprint density at radius 2 is 1.95 bits per heavy atom. The summed E-state index contributed by atoms with van der Waals surface area (Å²) in [6, 6.07) is 11.9. The molecule has 0 atom stereocenters. The number of hydrogen-bond donors (Lipinski definition) is 0. The molecule has 3 aromatic rings. The van der Waals surface area contributed by atoms with Gasteiger partial charge in [0.05, 0.1) is 11.0 Å². The molecule has 0 N–H and O–H groups in total. The van der Waals surface area contributed by atoms with Crippen molar-refractivity contribution in [1.82, 2.24) is 9.55 Å². The summed E-state index contributed by atoms with van der Waals surface area (Å²) in [5.74, 6) is 0.551. The van der Waals surface area contributed by atoms with Gasteiger partial charge in [0, 0.05) is 17.7 Å². The van der Waals surface area contributed by atoms with Gasteiger partial charge in [0.1, 0.15) is 17.9 Å². The van der Waals surface area contributed by atoms with Crippen LogP contribution in [0.15, 0.2) is 42.5 Å². The highest BCUT2D eigenvalue weighted by atomic mass is 19.1. The van der Waals surface area contributed by atoms with E-state index in [1.807, 2.05) is 6.07 Å². The van der Waals surface area contributed by atoms with Crippen LogP contribution >= 0.6 is 0 Å². The van der Waals surface area contributed by atoms with Crippen molar-refractivity contribution in [1.29, 1.82) is 0 Å². The normalized spacial score (nSPS) is 11.0. The lowest BCUT2D eigenvalue weighted by molar-refractivity contribution is 0.112. The summed E-state index contributed by atoms with van der Waals surface area (Å²) in [4.78, 5) is 15.6. The largest absolute Gasteiger partial charge is 0.324 e. The van der Waals surface area contributed by atoms with Gasteiger partial charge in [0.25, 0.3) is 0 Å². The molecule has 1 heterocycles. The van der Waals surface area contributed by atoms with Gasteiger partial charge >= 0.3 is 0 Å². The van der Waals surface area contributed by atoms with Gasteiger partial charge < -0.3 is 4.57 Å². The number of halogens is 1. The average Bonchev–Trinajstić information content (AvgIpc) is 2.91. The Kier molecular flexibility index (Phi) is 4.00. The second kappa shape index (κ2) is 6.10. The van der Waals surface area contributed by atoms with E-state index in [1.54, 1.807) is 24.3 Å². The maximum atomic E-state index is 13.1. The van der Waals surface area contributed by atoms with E-state index in [-0.39, 0.29) is 5.82 Å². The molecule has 4 heteroatoms. The van der Waals surface area contributed by atoms with Crippen molar-refractivity contribution in [3.63, 3.8) is 0 Å².